The number of ketones is 2. The molecule has 0 saturated heterocycles. The summed E-state index contributed by atoms with van der Waals surface area (Å²) in [5.74, 6) is -7.87. The van der Waals surface area contributed by atoms with Gasteiger partial charge in [-0.05, 0) is 0 Å². The van der Waals surface area contributed by atoms with Crippen molar-refractivity contribution >= 4 is 35.3 Å². The van der Waals surface area contributed by atoms with E-state index < -0.39 is 59.3 Å². The van der Waals surface area contributed by atoms with Gasteiger partial charge in [-0.2, -0.15) is 0 Å². The van der Waals surface area contributed by atoms with Crippen molar-refractivity contribution in [3.63, 3.8) is 0 Å². The third kappa shape index (κ3) is 5.63. The van der Waals surface area contributed by atoms with E-state index in [0.717, 1.165) is 9.80 Å². The Morgan fingerprint density at radius 2 is 0.875 bits per heavy atom. The minimum atomic E-state index is -1.77. The summed E-state index contributed by atoms with van der Waals surface area (Å²) in [6.45, 7) is 0. The van der Waals surface area contributed by atoms with E-state index in [4.69, 9.17) is 10.2 Å². The van der Waals surface area contributed by atoms with Gasteiger partial charge in [0.15, 0.2) is 0 Å². The number of amides is 2. The molecule has 0 radical (unpaired) electrons. The molecule has 0 atom stereocenters. The third-order valence-corrected chi connectivity index (χ3v) is 2.84. The molecule has 0 unspecified atom stereocenters. The van der Waals surface area contributed by atoms with E-state index in [2.05, 4.69) is 0 Å². The van der Waals surface area contributed by atoms with Crippen LogP contribution in [0.3, 0.4) is 0 Å². The predicted molar refractivity (Wildman–Crippen MR) is 78.9 cm³/mol. The Balaban J connectivity index is 5.77. The molecule has 2 N–H and O–H groups in total. The topological polar surface area (TPSA) is 149 Å². The number of aliphatic carboxylic acids is 2. The lowest BCUT2D eigenvalue weighted by atomic mass is 9.97. The summed E-state index contributed by atoms with van der Waals surface area (Å²) >= 11 is 0. The summed E-state index contributed by atoms with van der Waals surface area (Å²) in [5, 5.41) is 18.2. The van der Waals surface area contributed by atoms with Crippen molar-refractivity contribution in [1.82, 2.24) is 9.80 Å². The van der Waals surface area contributed by atoms with Crippen LogP contribution in [-0.4, -0.2) is 83.5 Å². The van der Waals surface area contributed by atoms with Crippen molar-refractivity contribution < 1.29 is 39.0 Å². The molecule has 0 aliphatic carbocycles. The molecule has 10 heteroatoms. The monoisotopic (exact) mass is 342 g/mol. The van der Waals surface area contributed by atoms with Gasteiger partial charge in [0, 0.05) is 41.0 Å². The highest BCUT2D eigenvalue weighted by atomic mass is 16.4. The van der Waals surface area contributed by atoms with E-state index in [1.165, 1.54) is 28.2 Å². The molecule has 2 amide bonds. The highest BCUT2D eigenvalue weighted by Crippen LogP contribution is 2.16. The largest absolute Gasteiger partial charge is 0.478 e. The number of likely N-dealkylation sites (N-methyl/N-ethyl adjacent to an activating group) is 2. The van der Waals surface area contributed by atoms with Crippen molar-refractivity contribution in [3.05, 3.63) is 11.1 Å². The Bertz CT molecular complexity index is 577. The van der Waals surface area contributed by atoms with E-state index >= 15 is 0 Å². The number of nitrogens with zero attached hydrogens (tertiary/aromatic N) is 2. The maximum absolute atomic E-state index is 11.7. The van der Waals surface area contributed by atoms with Crippen LogP contribution in [0.15, 0.2) is 11.1 Å². The fourth-order valence-electron chi connectivity index (χ4n) is 1.59. The van der Waals surface area contributed by atoms with Crippen molar-refractivity contribution in [2.75, 3.05) is 28.2 Å². The van der Waals surface area contributed by atoms with Crippen LogP contribution in [0.5, 0.6) is 0 Å². The van der Waals surface area contributed by atoms with Crippen LogP contribution < -0.4 is 0 Å². The maximum atomic E-state index is 11.7. The lowest BCUT2D eigenvalue weighted by molar-refractivity contribution is -0.144. The molecule has 0 fully saturated rings. The molecule has 0 aliphatic rings. The predicted octanol–water partition coefficient (Wildman–Crippen LogP) is -1.45. The molecule has 0 saturated carbocycles. The molecule has 0 aromatic rings. The number of hydrogen-bond acceptors (Lipinski definition) is 6. The van der Waals surface area contributed by atoms with E-state index in [9.17, 15) is 28.8 Å². The molecule has 0 rings (SSSR count). The zero-order valence-corrected chi connectivity index (χ0v) is 13.7. The van der Waals surface area contributed by atoms with Crippen LogP contribution in [0, 0.1) is 0 Å². The van der Waals surface area contributed by atoms with Gasteiger partial charge in [-0.15, -0.1) is 0 Å². The lowest BCUT2D eigenvalue weighted by Gasteiger charge is -2.12. The molecule has 0 aliphatic heterocycles. The fraction of sp³-hybridized carbons (Fsp3) is 0.429. The first kappa shape index (κ1) is 21.0. The molecule has 132 valence electrons. The standard InChI is InChI=1S/C14H18N2O8/c1-15(2)11(19)9(17)5-7(13(21)22)8(14(23)24)6-10(18)12(20)16(3)4/h5-6H2,1-4H3,(H,21,22)(H,23,24). The number of carbonyl (C=O) groups is 6. The molecule has 0 aromatic carbocycles. The number of rotatable bonds is 8. The van der Waals surface area contributed by atoms with Gasteiger partial charge >= 0.3 is 11.9 Å². The number of carbonyl (C=O) groups excluding carboxylic acids is 4. The summed E-state index contributed by atoms with van der Waals surface area (Å²) in [6.07, 6.45) is -2.01. The summed E-state index contributed by atoms with van der Waals surface area (Å²) in [5.41, 5.74) is -1.83. The van der Waals surface area contributed by atoms with Gasteiger partial charge in [-0.1, -0.05) is 0 Å². The van der Waals surface area contributed by atoms with Crippen molar-refractivity contribution in [3.8, 4) is 0 Å². The SMILES string of the molecule is CN(C)C(=O)C(=O)CC(C(=O)O)=C(CC(=O)C(=O)N(C)C)C(=O)O. The molecule has 10 nitrogen and oxygen atoms in total. The zero-order chi connectivity index (χ0) is 19.2. The Kier molecular flexibility index (Phi) is 7.47. The fourth-order valence-corrected chi connectivity index (χ4v) is 1.59. The van der Waals surface area contributed by atoms with E-state index in [-0.39, 0.29) is 0 Å². The van der Waals surface area contributed by atoms with E-state index in [0.29, 0.717) is 0 Å². The number of hydrogen-bond donors (Lipinski definition) is 2. The van der Waals surface area contributed by atoms with E-state index in [1.54, 1.807) is 0 Å². The zero-order valence-electron chi connectivity index (χ0n) is 13.7. The lowest BCUT2D eigenvalue weighted by Crippen LogP contribution is -2.32. The summed E-state index contributed by atoms with van der Waals surface area (Å²) in [4.78, 5) is 70.7. The second kappa shape index (κ2) is 8.56. The molecule has 0 spiro atoms. The quantitative estimate of drug-likeness (QED) is 0.402. The second-order valence-corrected chi connectivity index (χ2v) is 5.17. The molecule has 0 aromatic heterocycles. The Morgan fingerprint density at radius 1 is 0.625 bits per heavy atom. The van der Waals surface area contributed by atoms with Gasteiger partial charge in [0.2, 0.25) is 11.6 Å². The normalized spacial score (nSPS) is 11.2. The minimum Gasteiger partial charge on any atom is -0.478 e. The molecule has 24 heavy (non-hydrogen) atoms. The average Bonchev–Trinajstić information content (AvgIpc) is 2.47. The summed E-state index contributed by atoms with van der Waals surface area (Å²) < 4.78 is 0. The van der Waals surface area contributed by atoms with Crippen LogP contribution >= 0.6 is 0 Å². The number of carboxylic acid groups (broad SMARTS) is 2. The first-order chi connectivity index (χ1) is 10.9. The number of carboxylic acids is 2. The van der Waals surface area contributed by atoms with Crippen LogP contribution in [0.25, 0.3) is 0 Å². The molecular formula is C14H18N2O8. The van der Waals surface area contributed by atoms with Gasteiger partial charge in [-0.25, -0.2) is 9.59 Å². The highest BCUT2D eigenvalue weighted by molar-refractivity contribution is 6.38. The van der Waals surface area contributed by atoms with Gasteiger partial charge in [0.05, 0.1) is 11.1 Å². The molecule has 0 heterocycles. The third-order valence-electron chi connectivity index (χ3n) is 2.84. The highest BCUT2D eigenvalue weighted by Gasteiger charge is 2.29. The van der Waals surface area contributed by atoms with Gasteiger partial charge < -0.3 is 20.0 Å². The second-order valence-electron chi connectivity index (χ2n) is 5.17. The van der Waals surface area contributed by atoms with Gasteiger partial charge in [0.1, 0.15) is 0 Å². The molecule has 0 bridgehead atoms. The van der Waals surface area contributed by atoms with Crippen molar-refractivity contribution in [1.29, 1.82) is 0 Å². The van der Waals surface area contributed by atoms with Gasteiger partial charge in [-0.3, -0.25) is 19.2 Å². The van der Waals surface area contributed by atoms with E-state index in [1.807, 2.05) is 0 Å². The molecular weight excluding hydrogens is 324 g/mol. The Morgan fingerprint density at radius 3 is 1.04 bits per heavy atom. The minimum absolute atomic E-state index is 0.906. The van der Waals surface area contributed by atoms with Crippen LogP contribution in [0.1, 0.15) is 12.8 Å². The van der Waals surface area contributed by atoms with Crippen LogP contribution in [-0.2, 0) is 28.8 Å². The summed E-state index contributed by atoms with van der Waals surface area (Å²) in [7, 11) is 5.06. The van der Waals surface area contributed by atoms with Gasteiger partial charge in [0.25, 0.3) is 11.8 Å². The smallest absolute Gasteiger partial charge is 0.332 e. The number of Topliss-reactive ketones (excluding diaryl/α,β-unsaturated/α-hetero) is 2. The summed E-state index contributed by atoms with van der Waals surface area (Å²) in [6, 6.07) is 0. The van der Waals surface area contributed by atoms with Crippen molar-refractivity contribution in [2.24, 2.45) is 0 Å². The first-order valence-electron chi connectivity index (χ1n) is 6.57. The first-order valence-corrected chi connectivity index (χ1v) is 6.57. The maximum Gasteiger partial charge on any atom is 0.332 e. The van der Waals surface area contributed by atoms with Crippen LogP contribution in [0.2, 0.25) is 0 Å². The average molecular weight is 342 g/mol. The Labute approximate surface area is 137 Å². The van der Waals surface area contributed by atoms with Crippen molar-refractivity contribution in [2.45, 2.75) is 12.8 Å². The van der Waals surface area contributed by atoms with Crippen LogP contribution in [0.4, 0.5) is 0 Å². The Hall–Kier alpha value is -3.04.